The molecule has 1 aromatic carbocycles. The second kappa shape index (κ2) is 4.42. The summed E-state index contributed by atoms with van der Waals surface area (Å²) in [5.41, 5.74) is 0.913. The molecule has 0 aliphatic heterocycles. The molecular weight excluding hydrogens is 266 g/mol. The molecule has 1 N–H and O–H groups in total. The zero-order chi connectivity index (χ0) is 10.8. The lowest BCUT2D eigenvalue weighted by atomic mass is 10.2. The summed E-state index contributed by atoms with van der Waals surface area (Å²) in [4.78, 5) is 0.297. The lowest BCUT2D eigenvalue weighted by Crippen LogP contribution is -2.23. The number of halogens is 1. The van der Waals surface area contributed by atoms with E-state index >= 15 is 0 Å². The van der Waals surface area contributed by atoms with Crippen LogP contribution in [0.15, 0.2) is 27.6 Å². The lowest BCUT2D eigenvalue weighted by Gasteiger charge is -2.05. The lowest BCUT2D eigenvalue weighted by molar-refractivity contribution is 0.584. The molecule has 0 saturated carbocycles. The van der Waals surface area contributed by atoms with Crippen LogP contribution in [0.4, 0.5) is 0 Å². The number of nitrogens with one attached hydrogen (secondary N) is 1. The molecule has 0 bridgehead atoms. The molecule has 78 valence electrons. The first-order chi connectivity index (χ1) is 6.45. The maximum Gasteiger partial charge on any atom is 0.240 e. The minimum Gasteiger partial charge on any atom is -0.211 e. The summed E-state index contributed by atoms with van der Waals surface area (Å²) in [7, 11) is -3.34. The van der Waals surface area contributed by atoms with Crippen LogP contribution in [0.3, 0.4) is 0 Å². The van der Waals surface area contributed by atoms with Crippen molar-refractivity contribution in [1.29, 1.82) is 0 Å². The largest absolute Gasteiger partial charge is 0.240 e. The molecular formula is C9H12BrNO2S. The van der Waals surface area contributed by atoms with Crippen LogP contribution in [0.1, 0.15) is 12.5 Å². The van der Waals surface area contributed by atoms with Gasteiger partial charge in [0.1, 0.15) is 0 Å². The Bertz CT molecular complexity index is 408. The highest BCUT2D eigenvalue weighted by atomic mass is 79.9. The average molecular weight is 278 g/mol. The molecule has 3 nitrogen and oxygen atoms in total. The Morgan fingerprint density at radius 1 is 1.36 bits per heavy atom. The summed E-state index contributed by atoms with van der Waals surface area (Å²) in [6.45, 7) is 4.01. The average Bonchev–Trinajstić information content (AvgIpc) is 2.02. The van der Waals surface area contributed by atoms with Crippen molar-refractivity contribution in [3.8, 4) is 0 Å². The second-order valence-corrected chi connectivity index (χ2v) is 5.65. The van der Waals surface area contributed by atoms with Gasteiger partial charge < -0.3 is 0 Å². The maximum atomic E-state index is 11.6. The van der Waals surface area contributed by atoms with Gasteiger partial charge in [0, 0.05) is 11.0 Å². The van der Waals surface area contributed by atoms with Gasteiger partial charge in [0.2, 0.25) is 10.0 Å². The fourth-order valence-corrected chi connectivity index (χ4v) is 3.06. The van der Waals surface area contributed by atoms with Gasteiger partial charge in [-0.15, -0.1) is 0 Å². The standard InChI is InChI=1S/C9H12BrNO2S/c1-3-11-14(12,13)9-5-7(2)4-8(10)6-9/h4-6,11H,3H2,1-2H3. The van der Waals surface area contributed by atoms with E-state index in [0.29, 0.717) is 11.4 Å². The van der Waals surface area contributed by atoms with Gasteiger partial charge in [-0.05, 0) is 30.7 Å². The first-order valence-electron chi connectivity index (χ1n) is 4.22. The molecule has 14 heavy (non-hydrogen) atoms. The Kier molecular flexibility index (Phi) is 3.69. The predicted octanol–water partition coefficient (Wildman–Crippen LogP) is 2.06. The SMILES string of the molecule is CCNS(=O)(=O)c1cc(C)cc(Br)c1. The van der Waals surface area contributed by atoms with Gasteiger partial charge in [-0.1, -0.05) is 22.9 Å². The zero-order valence-corrected chi connectivity index (χ0v) is 10.4. The number of rotatable bonds is 3. The van der Waals surface area contributed by atoms with Crippen LogP contribution < -0.4 is 4.72 Å². The Morgan fingerprint density at radius 2 is 2.00 bits per heavy atom. The van der Waals surface area contributed by atoms with Gasteiger partial charge in [0.15, 0.2) is 0 Å². The van der Waals surface area contributed by atoms with Gasteiger partial charge in [-0.3, -0.25) is 0 Å². The number of hydrogen-bond donors (Lipinski definition) is 1. The van der Waals surface area contributed by atoms with Crippen LogP contribution in [0.5, 0.6) is 0 Å². The van der Waals surface area contributed by atoms with E-state index in [1.54, 1.807) is 19.1 Å². The Hall–Kier alpha value is -0.390. The first kappa shape index (κ1) is 11.7. The van der Waals surface area contributed by atoms with E-state index in [2.05, 4.69) is 20.7 Å². The molecule has 0 saturated heterocycles. The molecule has 0 aliphatic carbocycles. The smallest absolute Gasteiger partial charge is 0.211 e. The van der Waals surface area contributed by atoms with Gasteiger partial charge >= 0.3 is 0 Å². The summed E-state index contributed by atoms with van der Waals surface area (Å²) in [5, 5.41) is 0. The summed E-state index contributed by atoms with van der Waals surface area (Å²) < 4.78 is 26.4. The second-order valence-electron chi connectivity index (χ2n) is 2.97. The van der Waals surface area contributed by atoms with Gasteiger partial charge in [-0.2, -0.15) is 0 Å². The van der Waals surface area contributed by atoms with E-state index in [1.165, 1.54) is 0 Å². The van der Waals surface area contributed by atoms with Crippen molar-refractivity contribution >= 4 is 26.0 Å². The third kappa shape index (κ3) is 2.80. The van der Waals surface area contributed by atoms with E-state index in [0.717, 1.165) is 10.0 Å². The summed E-state index contributed by atoms with van der Waals surface area (Å²) in [6.07, 6.45) is 0. The van der Waals surface area contributed by atoms with Crippen LogP contribution in [0.25, 0.3) is 0 Å². The summed E-state index contributed by atoms with van der Waals surface area (Å²) in [5.74, 6) is 0. The highest BCUT2D eigenvalue weighted by Crippen LogP contribution is 2.18. The van der Waals surface area contributed by atoms with E-state index in [1.807, 2.05) is 13.0 Å². The molecule has 0 atom stereocenters. The molecule has 0 spiro atoms. The van der Waals surface area contributed by atoms with Crippen LogP contribution in [0.2, 0.25) is 0 Å². The quantitative estimate of drug-likeness (QED) is 0.919. The highest BCUT2D eigenvalue weighted by Gasteiger charge is 2.12. The van der Waals surface area contributed by atoms with Crippen molar-refractivity contribution in [2.45, 2.75) is 18.7 Å². The first-order valence-corrected chi connectivity index (χ1v) is 6.50. The van der Waals surface area contributed by atoms with Gasteiger partial charge in [0.25, 0.3) is 0 Å². The van der Waals surface area contributed by atoms with E-state index in [4.69, 9.17) is 0 Å². The molecule has 0 heterocycles. The number of hydrogen-bond acceptors (Lipinski definition) is 2. The van der Waals surface area contributed by atoms with E-state index < -0.39 is 10.0 Å². The van der Waals surface area contributed by atoms with Gasteiger partial charge in [0.05, 0.1) is 4.90 Å². The van der Waals surface area contributed by atoms with Crippen molar-refractivity contribution in [2.24, 2.45) is 0 Å². The minimum absolute atomic E-state index is 0.297. The molecule has 0 radical (unpaired) electrons. The topological polar surface area (TPSA) is 46.2 Å². The maximum absolute atomic E-state index is 11.6. The fraction of sp³-hybridized carbons (Fsp3) is 0.333. The molecule has 0 aliphatic rings. The Labute approximate surface area is 92.7 Å². The van der Waals surface area contributed by atoms with Crippen molar-refractivity contribution in [2.75, 3.05) is 6.54 Å². The van der Waals surface area contributed by atoms with Crippen molar-refractivity contribution < 1.29 is 8.42 Å². The summed E-state index contributed by atoms with van der Waals surface area (Å²) in [6, 6.07) is 5.10. The van der Waals surface area contributed by atoms with Crippen molar-refractivity contribution in [3.05, 3.63) is 28.2 Å². The predicted molar refractivity (Wildman–Crippen MR) is 59.7 cm³/mol. The van der Waals surface area contributed by atoms with Crippen LogP contribution in [0, 0.1) is 6.92 Å². The third-order valence-corrected chi connectivity index (χ3v) is 3.64. The minimum atomic E-state index is -3.34. The molecule has 0 unspecified atom stereocenters. The van der Waals surface area contributed by atoms with Gasteiger partial charge in [-0.25, -0.2) is 13.1 Å². The summed E-state index contributed by atoms with van der Waals surface area (Å²) >= 11 is 3.26. The van der Waals surface area contributed by atoms with E-state index in [-0.39, 0.29) is 0 Å². The molecule has 5 heteroatoms. The number of benzene rings is 1. The Morgan fingerprint density at radius 3 is 2.50 bits per heavy atom. The highest BCUT2D eigenvalue weighted by molar-refractivity contribution is 9.10. The van der Waals surface area contributed by atoms with E-state index in [9.17, 15) is 8.42 Å². The molecule has 1 rings (SSSR count). The number of aryl methyl sites for hydroxylation is 1. The van der Waals surface area contributed by atoms with Crippen LogP contribution in [-0.2, 0) is 10.0 Å². The number of sulfonamides is 1. The zero-order valence-electron chi connectivity index (χ0n) is 8.04. The van der Waals surface area contributed by atoms with Crippen LogP contribution >= 0.6 is 15.9 Å². The Balaban J connectivity index is 3.19. The monoisotopic (exact) mass is 277 g/mol. The van der Waals surface area contributed by atoms with Crippen LogP contribution in [-0.4, -0.2) is 15.0 Å². The molecule has 1 aromatic rings. The van der Waals surface area contributed by atoms with Crippen molar-refractivity contribution in [3.63, 3.8) is 0 Å². The normalized spacial score (nSPS) is 11.6. The molecule has 0 amide bonds. The molecule has 0 aromatic heterocycles. The van der Waals surface area contributed by atoms with Crippen molar-refractivity contribution in [1.82, 2.24) is 4.72 Å². The molecule has 0 fully saturated rings. The third-order valence-electron chi connectivity index (χ3n) is 1.66. The fourth-order valence-electron chi connectivity index (χ4n) is 1.13.